The molecule has 15 heavy (non-hydrogen) atoms. The van der Waals surface area contributed by atoms with Crippen LogP contribution in [-0.4, -0.2) is 27.6 Å². The van der Waals surface area contributed by atoms with Gasteiger partial charge in [0.15, 0.2) is 6.29 Å². The van der Waals surface area contributed by atoms with Crippen molar-refractivity contribution >= 4 is 5.97 Å². The van der Waals surface area contributed by atoms with Crippen LogP contribution in [0.5, 0.6) is 0 Å². The monoisotopic (exact) mass is 220 g/mol. The molecule has 0 aromatic rings. The lowest BCUT2D eigenvalue weighted by Gasteiger charge is -2.02. The van der Waals surface area contributed by atoms with Gasteiger partial charge in [-0.3, -0.25) is 4.79 Å². The van der Waals surface area contributed by atoms with Crippen molar-refractivity contribution in [3.8, 4) is 0 Å². The summed E-state index contributed by atoms with van der Waals surface area (Å²) in [6.07, 6.45) is 6.62. The first kappa shape index (κ1) is 16.8. The molecule has 0 aliphatic rings. The number of unbranched alkanes of at least 4 members (excludes halogenated alkanes) is 5. The van der Waals surface area contributed by atoms with Gasteiger partial charge >= 0.3 is 0 Å². The lowest BCUT2D eigenvalue weighted by Crippen LogP contribution is -2.02. The van der Waals surface area contributed by atoms with Crippen LogP contribution >= 0.6 is 0 Å². The van der Waals surface area contributed by atoms with Gasteiger partial charge in [0.25, 0.3) is 5.97 Å². The van der Waals surface area contributed by atoms with Crippen LogP contribution in [-0.2, 0) is 4.79 Å². The van der Waals surface area contributed by atoms with Crippen LogP contribution in [0.1, 0.15) is 58.8 Å². The second-order valence-corrected chi connectivity index (χ2v) is 3.56. The minimum atomic E-state index is -1.10. The molecule has 0 radical (unpaired) electrons. The van der Waals surface area contributed by atoms with Crippen molar-refractivity contribution in [2.75, 3.05) is 0 Å². The summed E-state index contributed by atoms with van der Waals surface area (Å²) in [6, 6.07) is 0. The quantitative estimate of drug-likeness (QED) is 0.453. The molecule has 0 fully saturated rings. The summed E-state index contributed by atoms with van der Waals surface area (Å²) >= 11 is 0. The van der Waals surface area contributed by atoms with Gasteiger partial charge in [0, 0.05) is 6.92 Å². The zero-order valence-corrected chi connectivity index (χ0v) is 9.78. The first-order valence-corrected chi connectivity index (χ1v) is 5.56. The summed E-state index contributed by atoms with van der Waals surface area (Å²) in [6.45, 7) is 3.28. The molecule has 0 aromatic carbocycles. The molecule has 4 heteroatoms. The van der Waals surface area contributed by atoms with E-state index in [9.17, 15) is 0 Å². The van der Waals surface area contributed by atoms with E-state index in [0.717, 1.165) is 19.8 Å². The number of aliphatic hydroxyl groups is 2. The Balaban J connectivity index is 0. The van der Waals surface area contributed by atoms with E-state index in [4.69, 9.17) is 20.1 Å². The summed E-state index contributed by atoms with van der Waals surface area (Å²) in [5.74, 6) is -0.833. The van der Waals surface area contributed by atoms with Gasteiger partial charge in [-0.05, 0) is 12.8 Å². The Morgan fingerprint density at radius 2 is 1.47 bits per heavy atom. The maximum Gasteiger partial charge on any atom is 0.300 e. The van der Waals surface area contributed by atoms with E-state index in [1.165, 1.54) is 25.7 Å². The second-order valence-electron chi connectivity index (χ2n) is 3.56. The van der Waals surface area contributed by atoms with Gasteiger partial charge in [-0.15, -0.1) is 0 Å². The third-order valence-corrected chi connectivity index (χ3v) is 1.82. The van der Waals surface area contributed by atoms with E-state index in [-0.39, 0.29) is 0 Å². The molecule has 0 aromatic heterocycles. The lowest BCUT2D eigenvalue weighted by molar-refractivity contribution is -0.134. The molecular formula is C11H24O4. The van der Waals surface area contributed by atoms with Gasteiger partial charge in [-0.1, -0.05) is 39.0 Å². The van der Waals surface area contributed by atoms with Crippen LogP contribution in [0.15, 0.2) is 0 Å². The highest BCUT2D eigenvalue weighted by Gasteiger charge is 1.95. The third kappa shape index (κ3) is 31.8. The molecule has 0 heterocycles. The fourth-order valence-corrected chi connectivity index (χ4v) is 1.11. The smallest absolute Gasteiger partial charge is 0.300 e. The maximum atomic E-state index is 9.00. The SMILES string of the molecule is CC(=O)O.CCCCCCCCC(O)O. The molecule has 0 aliphatic heterocycles. The Kier molecular flexibility index (Phi) is 15.0. The van der Waals surface area contributed by atoms with Crippen LogP contribution in [0.25, 0.3) is 0 Å². The summed E-state index contributed by atoms with van der Waals surface area (Å²) in [4.78, 5) is 9.00. The maximum absolute atomic E-state index is 9.00. The molecule has 0 aliphatic carbocycles. The predicted molar refractivity (Wildman–Crippen MR) is 59.5 cm³/mol. The van der Waals surface area contributed by atoms with Crippen molar-refractivity contribution < 1.29 is 20.1 Å². The number of hydrogen-bond donors (Lipinski definition) is 3. The third-order valence-electron chi connectivity index (χ3n) is 1.82. The predicted octanol–water partition coefficient (Wildman–Crippen LogP) is 2.14. The van der Waals surface area contributed by atoms with Crippen molar-refractivity contribution in [1.82, 2.24) is 0 Å². The normalized spacial score (nSPS) is 9.67. The average Bonchev–Trinajstić information content (AvgIpc) is 2.09. The van der Waals surface area contributed by atoms with E-state index >= 15 is 0 Å². The van der Waals surface area contributed by atoms with Crippen LogP contribution < -0.4 is 0 Å². The number of hydrogen-bond acceptors (Lipinski definition) is 3. The summed E-state index contributed by atoms with van der Waals surface area (Å²) in [5, 5.41) is 24.4. The van der Waals surface area contributed by atoms with Crippen LogP contribution in [0.2, 0.25) is 0 Å². The molecule has 0 saturated carbocycles. The van der Waals surface area contributed by atoms with E-state index in [1.54, 1.807) is 0 Å². The minimum absolute atomic E-state index is 0.534. The topological polar surface area (TPSA) is 77.8 Å². The second kappa shape index (κ2) is 13.4. The standard InChI is InChI=1S/C9H20O2.C2H4O2/c1-2-3-4-5-6-7-8-9(10)11;1-2(3)4/h9-11H,2-8H2,1H3;1H3,(H,3,4). The van der Waals surface area contributed by atoms with Crippen LogP contribution in [0.3, 0.4) is 0 Å². The summed E-state index contributed by atoms with van der Waals surface area (Å²) < 4.78 is 0. The van der Waals surface area contributed by atoms with Gasteiger partial charge in [0.05, 0.1) is 0 Å². The first-order chi connectivity index (χ1) is 7.00. The fraction of sp³-hybridized carbons (Fsp3) is 0.909. The van der Waals surface area contributed by atoms with E-state index < -0.39 is 12.3 Å². The van der Waals surface area contributed by atoms with Gasteiger partial charge in [0.2, 0.25) is 0 Å². The minimum Gasteiger partial charge on any atom is -0.481 e. The largest absolute Gasteiger partial charge is 0.481 e. The van der Waals surface area contributed by atoms with E-state index in [0.29, 0.717) is 6.42 Å². The van der Waals surface area contributed by atoms with Crippen molar-refractivity contribution in [3.63, 3.8) is 0 Å². The molecule has 4 nitrogen and oxygen atoms in total. The first-order valence-electron chi connectivity index (χ1n) is 5.56. The molecule has 3 N–H and O–H groups in total. The number of carbonyl (C=O) groups is 1. The molecule has 0 amide bonds. The lowest BCUT2D eigenvalue weighted by atomic mass is 10.1. The van der Waals surface area contributed by atoms with E-state index in [2.05, 4.69) is 6.92 Å². The Morgan fingerprint density at radius 1 is 1.07 bits per heavy atom. The molecule has 0 saturated heterocycles. The molecule has 0 bridgehead atoms. The number of rotatable bonds is 7. The molecule has 92 valence electrons. The Bertz CT molecular complexity index is 131. The molecule has 0 rings (SSSR count). The Labute approximate surface area is 91.9 Å². The summed E-state index contributed by atoms with van der Waals surface area (Å²) in [7, 11) is 0. The Hall–Kier alpha value is -0.610. The van der Waals surface area contributed by atoms with Crippen molar-refractivity contribution in [2.45, 2.75) is 65.1 Å². The van der Waals surface area contributed by atoms with Gasteiger partial charge in [-0.25, -0.2) is 0 Å². The van der Waals surface area contributed by atoms with Crippen LogP contribution in [0.4, 0.5) is 0 Å². The molecule has 0 atom stereocenters. The Morgan fingerprint density at radius 3 is 1.87 bits per heavy atom. The van der Waals surface area contributed by atoms with Crippen molar-refractivity contribution in [3.05, 3.63) is 0 Å². The zero-order valence-electron chi connectivity index (χ0n) is 9.78. The van der Waals surface area contributed by atoms with Crippen molar-refractivity contribution in [2.24, 2.45) is 0 Å². The number of aliphatic hydroxyl groups excluding tert-OH is 1. The van der Waals surface area contributed by atoms with Gasteiger partial charge in [-0.2, -0.15) is 0 Å². The highest BCUT2D eigenvalue weighted by atomic mass is 16.5. The van der Waals surface area contributed by atoms with E-state index in [1.807, 2.05) is 0 Å². The van der Waals surface area contributed by atoms with Gasteiger partial charge in [0.1, 0.15) is 0 Å². The molecule has 0 unspecified atom stereocenters. The number of aliphatic carboxylic acids is 1. The van der Waals surface area contributed by atoms with Crippen LogP contribution in [0, 0.1) is 0 Å². The average molecular weight is 220 g/mol. The summed E-state index contributed by atoms with van der Waals surface area (Å²) in [5.41, 5.74) is 0. The molecular weight excluding hydrogens is 196 g/mol. The van der Waals surface area contributed by atoms with Gasteiger partial charge < -0.3 is 15.3 Å². The highest BCUT2D eigenvalue weighted by molar-refractivity contribution is 5.62. The highest BCUT2D eigenvalue weighted by Crippen LogP contribution is 2.07. The number of carboxylic acids is 1. The number of carboxylic acid groups (broad SMARTS) is 1. The molecule has 0 spiro atoms. The fourth-order valence-electron chi connectivity index (χ4n) is 1.11. The zero-order chi connectivity index (χ0) is 12.1. The van der Waals surface area contributed by atoms with Crippen molar-refractivity contribution in [1.29, 1.82) is 0 Å².